The normalized spacial score (nSPS) is 19.9. The van der Waals surface area contributed by atoms with Crippen LogP contribution in [0.1, 0.15) is 17.4 Å². The minimum atomic E-state index is 0.433. The second-order valence-corrected chi connectivity index (χ2v) is 5.83. The Morgan fingerprint density at radius 2 is 2.41 bits per heavy atom. The average Bonchev–Trinajstić information content (AvgIpc) is 2.77. The predicted molar refractivity (Wildman–Crippen MR) is 72.3 cm³/mol. The molecule has 1 aliphatic rings. The van der Waals surface area contributed by atoms with Crippen molar-refractivity contribution in [3.63, 3.8) is 0 Å². The standard InChI is InChI=1S/C13H22N2OS/c1-10(9-16-2)12(7-14)15-5-3-13-11(8-15)4-6-17-13/h4,6,10,12H,3,5,7-9,14H2,1-2H3. The number of hydrogen-bond donors (Lipinski definition) is 1. The van der Waals surface area contributed by atoms with Gasteiger partial charge in [0.2, 0.25) is 0 Å². The summed E-state index contributed by atoms with van der Waals surface area (Å²) in [6.45, 7) is 5.90. The van der Waals surface area contributed by atoms with E-state index in [0.29, 0.717) is 18.5 Å². The molecule has 0 bridgehead atoms. The van der Waals surface area contributed by atoms with Crippen molar-refractivity contribution < 1.29 is 4.74 Å². The highest BCUT2D eigenvalue weighted by Crippen LogP contribution is 2.26. The Morgan fingerprint density at radius 1 is 1.59 bits per heavy atom. The van der Waals surface area contributed by atoms with Crippen LogP contribution in [-0.4, -0.2) is 37.7 Å². The van der Waals surface area contributed by atoms with Gasteiger partial charge in [-0.1, -0.05) is 6.92 Å². The highest BCUT2D eigenvalue weighted by atomic mass is 32.1. The Bertz CT molecular complexity index is 353. The van der Waals surface area contributed by atoms with Gasteiger partial charge in [0, 0.05) is 37.7 Å². The molecular formula is C13H22N2OS. The summed E-state index contributed by atoms with van der Waals surface area (Å²) in [5, 5.41) is 2.20. The van der Waals surface area contributed by atoms with E-state index in [0.717, 1.165) is 19.7 Å². The lowest BCUT2D eigenvalue weighted by atomic mass is 9.98. The third kappa shape index (κ3) is 2.88. The van der Waals surface area contributed by atoms with Crippen LogP contribution in [0.2, 0.25) is 0 Å². The van der Waals surface area contributed by atoms with E-state index in [2.05, 4.69) is 23.3 Å². The van der Waals surface area contributed by atoms with Crippen molar-refractivity contribution in [2.75, 3.05) is 26.8 Å². The van der Waals surface area contributed by atoms with Gasteiger partial charge in [0.15, 0.2) is 0 Å². The quantitative estimate of drug-likeness (QED) is 0.869. The van der Waals surface area contributed by atoms with Crippen molar-refractivity contribution in [2.24, 2.45) is 11.7 Å². The Kier molecular flexibility index (Phi) is 4.56. The SMILES string of the molecule is COCC(C)C(CN)N1CCc2sccc2C1. The summed E-state index contributed by atoms with van der Waals surface area (Å²) in [7, 11) is 1.76. The van der Waals surface area contributed by atoms with Crippen LogP contribution in [0.5, 0.6) is 0 Å². The Morgan fingerprint density at radius 3 is 3.12 bits per heavy atom. The van der Waals surface area contributed by atoms with Crippen molar-refractivity contribution in [1.29, 1.82) is 0 Å². The molecular weight excluding hydrogens is 232 g/mol. The van der Waals surface area contributed by atoms with Crippen molar-refractivity contribution >= 4 is 11.3 Å². The number of methoxy groups -OCH3 is 1. The molecule has 2 rings (SSSR count). The van der Waals surface area contributed by atoms with Crippen LogP contribution in [0.15, 0.2) is 11.4 Å². The zero-order chi connectivity index (χ0) is 12.3. The van der Waals surface area contributed by atoms with Gasteiger partial charge in [-0.25, -0.2) is 0 Å². The molecule has 0 fully saturated rings. The maximum atomic E-state index is 5.94. The molecule has 0 amide bonds. The molecule has 0 aliphatic carbocycles. The minimum absolute atomic E-state index is 0.433. The molecule has 1 aromatic heterocycles. The fourth-order valence-electron chi connectivity index (χ4n) is 2.67. The van der Waals surface area contributed by atoms with Crippen molar-refractivity contribution in [3.8, 4) is 0 Å². The van der Waals surface area contributed by atoms with E-state index in [1.807, 2.05) is 11.3 Å². The lowest BCUT2D eigenvalue weighted by Gasteiger charge is -2.37. The number of thiophene rings is 1. The molecule has 2 N–H and O–H groups in total. The summed E-state index contributed by atoms with van der Waals surface area (Å²) in [6.07, 6.45) is 1.17. The predicted octanol–water partition coefficient (Wildman–Crippen LogP) is 1.72. The van der Waals surface area contributed by atoms with Crippen LogP contribution in [0.25, 0.3) is 0 Å². The molecule has 0 saturated heterocycles. The molecule has 2 heterocycles. The van der Waals surface area contributed by atoms with Gasteiger partial charge in [0.1, 0.15) is 0 Å². The minimum Gasteiger partial charge on any atom is -0.384 e. The van der Waals surface area contributed by atoms with Gasteiger partial charge in [-0.3, -0.25) is 4.90 Å². The third-order valence-corrected chi connectivity index (χ3v) is 4.66. The molecule has 1 aliphatic heterocycles. The zero-order valence-electron chi connectivity index (χ0n) is 10.7. The molecule has 4 heteroatoms. The summed E-state index contributed by atoms with van der Waals surface area (Å²) in [5.41, 5.74) is 7.43. The maximum Gasteiger partial charge on any atom is 0.0503 e. The number of rotatable bonds is 5. The summed E-state index contributed by atoms with van der Waals surface area (Å²) >= 11 is 1.88. The molecule has 0 spiro atoms. The summed E-state index contributed by atoms with van der Waals surface area (Å²) < 4.78 is 5.25. The van der Waals surface area contributed by atoms with E-state index in [4.69, 9.17) is 10.5 Å². The van der Waals surface area contributed by atoms with Crippen LogP contribution < -0.4 is 5.73 Å². The first kappa shape index (κ1) is 13.0. The lowest BCUT2D eigenvalue weighted by molar-refractivity contribution is 0.0779. The summed E-state index contributed by atoms with van der Waals surface area (Å²) in [6, 6.07) is 2.68. The van der Waals surface area contributed by atoms with E-state index in [1.165, 1.54) is 12.0 Å². The average molecular weight is 254 g/mol. The fourth-order valence-corrected chi connectivity index (χ4v) is 3.56. The highest BCUT2D eigenvalue weighted by Gasteiger charge is 2.26. The molecule has 0 aromatic carbocycles. The topological polar surface area (TPSA) is 38.5 Å². The van der Waals surface area contributed by atoms with Gasteiger partial charge >= 0.3 is 0 Å². The van der Waals surface area contributed by atoms with Gasteiger partial charge < -0.3 is 10.5 Å². The van der Waals surface area contributed by atoms with Gasteiger partial charge in [-0.05, 0) is 29.3 Å². The Balaban J connectivity index is 2.02. The number of nitrogens with two attached hydrogens (primary N) is 1. The Hall–Kier alpha value is -0.420. The van der Waals surface area contributed by atoms with Crippen molar-refractivity contribution in [2.45, 2.75) is 25.9 Å². The number of hydrogen-bond acceptors (Lipinski definition) is 4. The van der Waals surface area contributed by atoms with Gasteiger partial charge in [0.05, 0.1) is 6.61 Å². The van der Waals surface area contributed by atoms with Crippen LogP contribution in [0.4, 0.5) is 0 Å². The second kappa shape index (κ2) is 5.96. The van der Waals surface area contributed by atoms with E-state index in [-0.39, 0.29) is 0 Å². The molecule has 17 heavy (non-hydrogen) atoms. The second-order valence-electron chi connectivity index (χ2n) is 4.83. The highest BCUT2D eigenvalue weighted by molar-refractivity contribution is 7.10. The first-order chi connectivity index (χ1) is 8.26. The smallest absolute Gasteiger partial charge is 0.0503 e. The number of nitrogens with zero attached hydrogens (tertiary/aromatic N) is 1. The van der Waals surface area contributed by atoms with Gasteiger partial charge in [-0.15, -0.1) is 11.3 Å². The van der Waals surface area contributed by atoms with E-state index >= 15 is 0 Å². The molecule has 2 unspecified atom stereocenters. The van der Waals surface area contributed by atoms with E-state index < -0.39 is 0 Å². The van der Waals surface area contributed by atoms with Crippen LogP contribution >= 0.6 is 11.3 Å². The Labute approximate surface area is 108 Å². The van der Waals surface area contributed by atoms with Crippen molar-refractivity contribution in [1.82, 2.24) is 4.90 Å². The van der Waals surface area contributed by atoms with E-state index in [1.54, 1.807) is 12.0 Å². The molecule has 3 nitrogen and oxygen atoms in total. The van der Waals surface area contributed by atoms with Gasteiger partial charge in [-0.2, -0.15) is 0 Å². The van der Waals surface area contributed by atoms with Crippen LogP contribution in [0.3, 0.4) is 0 Å². The maximum absolute atomic E-state index is 5.94. The first-order valence-electron chi connectivity index (χ1n) is 6.24. The van der Waals surface area contributed by atoms with Gasteiger partial charge in [0.25, 0.3) is 0 Å². The summed E-state index contributed by atoms with van der Waals surface area (Å²) in [5.74, 6) is 0.491. The molecule has 96 valence electrons. The molecule has 1 aromatic rings. The fraction of sp³-hybridized carbons (Fsp3) is 0.692. The zero-order valence-corrected chi connectivity index (χ0v) is 11.5. The summed E-state index contributed by atoms with van der Waals surface area (Å²) in [4.78, 5) is 4.06. The third-order valence-electron chi connectivity index (χ3n) is 3.63. The molecule has 2 atom stereocenters. The first-order valence-corrected chi connectivity index (χ1v) is 7.12. The van der Waals surface area contributed by atoms with E-state index in [9.17, 15) is 0 Å². The lowest BCUT2D eigenvalue weighted by Crippen LogP contribution is -2.47. The van der Waals surface area contributed by atoms with Crippen LogP contribution in [0, 0.1) is 5.92 Å². The molecule has 0 saturated carbocycles. The van der Waals surface area contributed by atoms with Crippen LogP contribution in [-0.2, 0) is 17.7 Å². The largest absolute Gasteiger partial charge is 0.384 e. The number of ether oxygens (including phenoxy) is 1. The number of fused-ring (bicyclic) bond motifs is 1. The molecule has 0 radical (unpaired) electrons. The monoisotopic (exact) mass is 254 g/mol. The van der Waals surface area contributed by atoms with Crippen molar-refractivity contribution in [3.05, 3.63) is 21.9 Å².